The van der Waals surface area contributed by atoms with Crippen LogP contribution in [0.1, 0.15) is 71.1 Å². The zero-order valence-corrected chi connectivity index (χ0v) is 24.9. The highest BCUT2D eigenvalue weighted by molar-refractivity contribution is 7.87. The molecule has 0 aromatic heterocycles. The van der Waals surface area contributed by atoms with Gasteiger partial charge < -0.3 is 24.1 Å². The van der Waals surface area contributed by atoms with Gasteiger partial charge in [0, 0.05) is 0 Å². The molecule has 14 heteroatoms. The van der Waals surface area contributed by atoms with E-state index in [0.29, 0.717) is 31.1 Å². The highest BCUT2D eigenvalue weighted by Gasteiger charge is 2.63. The first kappa shape index (κ1) is 31.1. The summed E-state index contributed by atoms with van der Waals surface area (Å²) in [7, 11) is -5.99. The van der Waals surface area contributed by atoms with Crippen LogP contribution in [-0.2, 0) is 43.4 Å². The summed E-state index contributed by atoms with van der Waals surface area (Å²) >= 11 is 0. The number of aliphatic hydroxyl groups excluding tert-OH is 1. The maximum Gasteiger partial charge on any atom is 0.465 e. The maximum absolute atomic E-state index is 13.8. The molecule has 242 valence electrons. The molecule has 0 aliphatic heterocycles. The molecule has 0 heterocycles. The van der Waals surface area contributed by atoms with Gasteiger partial charge in [0.25, 0.3) is 0 Å². The van der Waals surface area contributed by atoms with E-state index < -0.39 is 68.3 Å². The Morgan fingerprint density at radius 3 is 2.05 bits per heavy atom. The number of hydrogen-bond acceptors (Lipinski definition) is 10. The number of aliphatic hydroxyl groups is 1. The molecule has 0 spiro atoms. The predicted octanol–water partition coefficient (Wildman–Crippen LogP) is 2.88. The lowest BCUT2D eigenvalue weighted by molar-refractivity contribution is -0.208. The van der Waals surface area contributed by atoms with Gasteiger partial charge in [-0.25, -0.2) is 9.59 Å². The summed E-state index contributed by atoms with van der Waals surface area (Å²) in [6.07, 6.45) is 5.47. The molecule has 8 rings (SSSR count). The summed E-state index contributed by atoms with van der Waals surface area (Å²) in [5, 5.41) is 5.28. The molecule has 0 amide bonds. The molecule has 43 heavy (non-hydrogen) atoms. The molecule has 11 nitrogen and oxygen atoms in total. The lowest BCUT2D eigenvalue weighted by Gasteiger charge is -2.59. The third-order valence-electron chi connectivity index (χ3n) is 11.5. The smallest absolute Gasteiger partial charge is 0.462 e. The molecular formula is C29H40F2O11S. The van der Waals surface area contributed by atoms with Gasteiger partial charge in [0.2, 0.25) is 0 Å². The van der Waals surface area contributed by atoms with Gasteiger partial charge in [-0.2, -0.15) is 17.2 Å². The standard InChI is InChI=1S/C29H40F2O11S/c1-27(20-5-15-2-16(7-20)8-21(27)6-15)42-23(33)14-39-12-22(32)13-40-25(34)28-9-17-3-18(10-28)24(19(4-17)11-28)41-26(35)29(30,31)43(36,37)38/h15-22,24,32H,2-14H2,1H3,(H,36,37,38). The van der Waals surface area contributed by atoms with Gasteiger partial charge in [-0.3, -0.25) is 9.35 Å². The fourth-order valence-corrected chi connectivity index (χ4v) is 10.2. The molecule has 0 aromatic carbocycles. The minimum Gasteiger partial charge on any atom is -0.462 e. The van der Waals surface area contributed by atoms with E-state index in [0.717, 1.165) is 37.5 Å². The third-order valence-corrected chi connectivity index (χ3v) is 12.3. The van der Waals surface area contributed by atoms with E-state index in [1.807, 2.05) is 6.92 Å². The van der Waals surface area contributed by atoms with Crippen molar-refractivity contribution in [2.75, 3.05) is 19.8 Å². The molecule has 0 saturated heterocycles. The van der Waals surface area contributed by atoms with Crippen LogP contribution in [0.4, 0.5) is 8.78 Å². The summed E-state index contributed by atoms with van der Waals surface area (Å²) in [5.41, 5.74) is -1.40. The van der Waals surface area contributed by atoms with Gasteiger partial charge >= 0.3 is 33.3 Å². The fraction of sp³-hybridized carbons (Fsp3) is 0.897. The molecular weight excluding hydrogens is 594 g/mol. The zero-order chi connectivity index (χ0) is 30.9. The Labute approximate surface area is 249 Å². The second-order valence-corrected chi connectivity index (χ2v) is 15.8. The highest BCUT2D eigenvalue weighted by Crippen LogP contribution is 2.62. The molecule has 2 N–H and O–H groups in total. The van der Waals surface area contributed by atoms with Gasteiger partial charge in [0.1, 0.15) is 31.0 Å². The van der Waals surface area contributed by atoms with E-state index in [9.17, 15) is 36.7 Å². The summed E-state index contributed by atoms with van der Waals surface area (Å²) in [6, 6.07) is 0. The Morgan fingerprint density at radius 2 is 1.49 bits per heavy atom. The molecule has 3 atom stereocenters. The lowest BCUT2D eigenvalue weighted by atomic mass is 9.48. The van der Waals surface area contributed by atoms with Crippen LogP contribution in [0.25, 0.3) is 0 Å². The van der Waals surface area contributed by atoms with Crippen LogP contribution in [0.2, 0.25) is 0 Å². The average Bonchev–Trinajstić information content (AvgIpc) is 2.91. The van der Waals surface area contributed by atoms with E-state index in [4.69, 9.17) is 23.5 Å². The summed E-state index contributed by atoms with van der Waals surface area (Å²) in [5.74, 6) is -1.93. The van der Waals surface area contributed by atoms with E-state index in [1.54, 1.807) is 0 Å². The number of alkyl halides is 2. The minimum atomic E-state index is -5.99. The van der Waals surface area contributed by atoms with E-state index in [2.05, 4.69) is 0 Å². The van der Waals surface area contributed by atoms with Crippen molar-refractivity contribution < 1.29 is 60.2 Å². The number of carbonyl (C=O) groups excluding carboxylic acids is 3. The van der Waals surface area contributed by atoms with Crippen molar-refractivity contribution in [3.63, 3.8) is 0 Å². The number of hydrogen-bond donors (Lipinski definition) is 2. The van der Waals surface area contributed by atoms with Gasteiger partial charge in [-0.15, -0.1) is 0 Å². The monoisotopic (exact) mass is 634 g/mol. The molecule has 8 fully saturated rings. The van der Waals surface area contributed by atoms with Crippen molar-refractivity contribution in [1.29, 1.82) is 0 Å². The number of carbonyl (C=O) groups is 3. The zero-order valence-electron chi connectivity index (χ0n) is 24.1. The number of halogens is 2. The molecule has 8 aliphatic rings. The second kappa shape index (κ2) is 10.9. The third kappa shape index (κ3) is 5.58. The molecule has 8 aliphatic carbocycles. The van der Waals surface area contributed by atoms with Crippen molar-refractivity contribution in [2.45, 2.75) is 94.2 Å². The average molecular weight is 635 g/mol. The Bertz CT molecular complexity index is 1210. The first-order chi connectivity index (χ1) is 20.1. The van der Waals surface area contributed by atoms with Crippen molar-refractivity contribution in [2.24, 2.45) is 46.8 Å². The van der Waals surface area contributed by atoms with Crippen LogP contribution in [0, 0.1) is 46.8 Å². The van der Waals surface area contributed by atoms with Crippen LogP contribution in [-0.4, -0.2) is 78.9 Å². The van der Waals surface area contributed by atoms with Gasteiger partial charge in [0.15, 0.2) is 0 Å². The fourth-order valence-electron chi connectivity index (χ4n) is 9.93. The van der Waals surface area contributed by atoms with Crippen LogP contribution in [0.3, 0.4) is 0 Å². The van der Waals surface area contributed by atoms with Crippen LogP contribution in [0.15, 0.2) is 0 Å². The Kier molecular flexibility index (Phi) is 7.86. The Balaban J connectivity index is 0.953. The van der Waals surface area contributed by atoms with E-state index in [-0.39, 0.29) is 38.6 Å². The molecule has 3 unspecified atom stereocenters. The predicted molar refractivity (Wildman–Crippen MR) is 142 cm³/mol. The highest BCUT2D eigenvalue weighted by atomic mass is 32.2. The normalized spacial score (nSPS) is 41.6. The second-order valence-electron chi connectivity index (χ2n) is 14.3. The van der Waals surface area contributed by atoms with Crippen molar-refractivity contribution >= 4 is 28.0 Å². The maximum atomic E-state index is 13.8. The van der Waals surface area contributed by atoms with Crippen molar-refractivity contribution in [1.82, 2.24) is 0 Å². The first-order valence-electron chi connectivity index (χ1n) is 15.3. The van der Waals surface area contributed by atoms with E-state index >= 15 is 0 Å². The SMILES string of the molecule is CC1(OC(=O)COCC(O)COC(=O)C23CC4CC(C2)C(OC(=O)C(F)(F)S(=O)(=O)O)C(C4)C3)C2CC3CC(C2)CC1C3. The van der Waals surface area contributed by atoms with Crippen molar-refractivity contribution in [3.8, 4) is 0 Å². The largest absolute Gasteiger partial charge is 0.465 e. The number of esters is 3. The Hall–Kier alpha value is -1.90. The van der Waals surface area contributed by atoms with Crippen molar-refractivity contribution in [3.05, 3.63) is 0 Å². The summed E-state index contributed by atoms with van der Waals surface area (Å²) in [6.45, 7) is 1.12. The van der Waals surface area contributed by atoms with Gasteiger partial charge in [0.05, 0.1) is 12.0 Å². The summed E-state index contributed by atoms with van der Waals surface area (Å²) in [4.78, 5) is 37.7. The minimum absolute atomic E-state index is 0.0812. The Morgan fingerprint density at radius 1 is 0.907 bits per heavy atom. The molecule has 0 aromatic rings. The van der Waals surface area contributed by atoms with Gasteiger partial charge in [-0.05, 0) is 113 Å². The summed E-state index contributed by atoms with van der Waals surface area (Å²) < 4.78 is 79.9. The van der Waals surface area contributed by atoms with Crippen LogP contribution < -0.4 is 0 Å². The first-order valence-corrected chi connectivity index (χ1v) is 16.7. The lowest BCUT2D eigenvalue weighted by Crippen LogP contribution is -2.58. The van der Waals surface area contributed by atoms with Crippen LogP contribution in [0.5, 0.6) is 0 Å². The van der Waals surface area contributed by atoms with E-state index in [1.165, 1.54) is 6.42 Å². The molecule has 8 bridgehead atoms. The van der Waals surface area contributed by atoms with Crippen LogP contribution >= 0.6 is 0 Å². The molecule has 0 radical (unpaired) electrons. The topological polar surface area (TPSA) is 163 Å². The number of ether oxygens (including phenoxy) is 4. The molecule has 8 saturated carbocycles. The van der Waals surface area contributed by atoms with Gasteiger partial charge in [-0.1, -0.05) is 0 Å². The number of rotatable bonds is 11. The quantitative estimate of drug-likeness (QED) is 0.195.